The predicted molar refractivity (Wildman–Crippen MR) is 139 cm³/mol. The molecule has 0 atom stereocenters. The summed E-state index contributed by atoms with van der Waals surface area (Å²) in [6.07, 6.45) is 3.02. The molecule has 9 nitrogen and oxygen atoms in total. The van der Waals surface area contributed by atoms with Gasteiger partial charge in [0.15, 0.2) is 0 Å². The van der Waals surface area contributed by atoms with Crippen LogP contribution in [-0.4, -0.2) is 48.7 Å². The third kappa shape index (κ3) is 6.85. The van der Waals surface area contributed by atoms with E-state index in [0.29, 0.717) is 29.6 Å². The molecule has 37 heavy (non-hydrogen) atoms. The van der Waals surface area contributed by atoms with Gasteiger partial charge in [-0.1, -0.05) is 41.4 Å². The standard InChI is InChI=1S/C26H27ClN4O5S/c1-19-4-6-20(7-5-19)17-31(37(34,35)24-12-8-21(27)9-13-24)18-23-11-10-22(36-23)16-28-29-25(32)26(33)30-14-2-3-15-30/h4-13,16H,2-3,14-15,17-18H2,1H3,(H,29,32)/b28-16+. The fourth-order valence-electron chi connectivity index (χ4n) is 3.87. The number of nitrogens with zero attached hydrogens (tertiary/aromatic N) is 3. The van der Waals surface area contributed by atoms with Gasteiger partial charge in [0.2, 0.25) is 10.0 Å². The Bertz CT molecular complexity index is 1380. The van der Waals surface area contributed by atoms with Crippen molar-refractivity contribution in [3.8, 4) is 0 Å². The molecule has 0 aliphatic carbocycles. The molecule has 4 rings (SSSR count). The van der Waals surface area contributed by atoms with E-state index in [9.17, 15) is 18.0 Å². The number of sulfonamides is 1. The first-order chi connectivity index (χ1) is 17.7. The van der Waals surface area contributed by atoms with Crippen LogP contribution >= 0.6 is 11.6 Å². The van der Waals surface area contributed by atoms with Gasteiger partial charge in [0.25, 0.3) is 0 Å². The van der Waals surface area contributed by atoms with Crippen molar-refractivity contribution in [1.82, 2.24) is 14.6 Å². The van der Waals surface area contributed by atoms with E-state index in [1.165, 1.54) is 39.7 Å². The SMILES string of the molecule is Cc1ccc(CN(Cc2ccc(/C=N/NC(=O)C(=O)N3CCCC3)o2)S(=O)(=O)c2ccc(Cl)cc2)cc1. The highest BCUT2D eigenvalue weighted by atomic mass is 35.5. The number of carbonyl (C=O) groups excluding carboxylic acids is 2. The van der Waals surface area contributed by atoms with E-state index in [1.54, 1.807) is 12.1 Å². The Hall–Kier alpha value is -3.47. The summed E-state index contributed by atoms with van der Waals surface area (Å²) in [5.41, 5.74) is 4.10. The summed E-state index contributed by atoms with van der Waals surface area (Å²) in [7, 11) is -3.88. The smallest absolute Gasteiger partial charge is 0.329 e. The molecule has 0 saturated carbocycles. The number of nitrogens with one attached hydrogen (secondary N) is 1. The number of furan rings is 1. The average Bonchev–Trinajstić information content (AvgIpc) is 3.57. The largest absolute Gasteiger partial charge is 0.459 e. The molecular weight excluding hydrogens is 516 g/mol. The van der Waals surface area contributed by atoms with Crippen molar-refractivity contribution >= 4 is 39.7 Å². The average molecular weight is 543 g/mol. The van der Waals surface area contributed by atoms with E-state index < -0.39 is 21.8 Å². The lowest BCUT2D eigenvalue weighted by atomic mass is 10.1. The molecule has 1 aliphatic rings. The van der Waals surface area contributed by atoms with E-state index in [0.717, 1.165) is 24.0 Å². The predicted octanol–water partition coefficient (Wildman–Crippen LogP) is 3.71. The molecule has 0 radical (unpaired) electrons. The Kier molecular flexibility index (Phi) is 8.42. The number of carbonyl (C=O) groups is 2. The van der Waals surface area contributed by atoms with Gasteiger partial charge in [0.1, 0.15) is 11.5 Å². The van der Waals surface area contributed by atoms with Crippen LogP contribution in [0.25, 0.3) is 0 Å². The van der Waals surface area contributed by atoms with Crippen LogP contribution < -0.4 is 5.43 Å². The monoisotopic (exact) mass is 542 g/mol. The Morgan fingerprint density at radius 1 is 1.03 bits per heavy atom. The third-order valence-corrected chi connectivity index (χ3v) is 7.95. The molecule has 1 N–H and O–H groups in total. The number of hydrogen-bond acceptors (Lipinski definition) is 6. The second-order valence-electron chi connectivity index (χ2n) is 8.72. The van der Waals surface area contributed by atoms with E-state index >= 15 is 0 Å². The van der Waals surface area contributed by atoms with Gasteiger partial charge in [-0.3, -0.25) is 9.59 Å². The summed E-state index contributed by atoms with van der Waals surface area (Å²) in [5.74, 6) is -0.758. The van der Waals surface area contributed by atoms with Gasteiger partial charge < -0.3 is 9.32 Å². The van der Waals surface area contributed by atoms with E-state index in [1.807, 2.05) is 31.2 Å². The maximum Gasteiger partial charge on any atom is 0.329 e. The van der Waals surface area contributed by atoms with Crippen molar-refractivity contribution in [2.45, 2.75) is 37.8 Å². The Balaban J connectivity index is 1.47. The van der Waals surface area contributed by atoms with Crippen LogP contribution in [0.4, 0.5) is 0 Å². The van der Waals surface area contributed by atoms with Gasteiger partial charge in [0, 0.05) is 24.7 Å². The zero-order chi connectivity index (χ0) is 26.4. The van der Waals surface area contributed by atoms with Crippen LogP contribution in [0.1, 0.15) is 35.5 Å². The minimum Gasteiger partial charge on any atom is -0.459 e. The number of rotatable bonds is 8. The molecule has 2 heterocycles. The quantitative estimate of drug-likeness (QED) is 0.265. The van der Waals surface area contributed by atoms with Crippen molar-refractivity contribution in [3.63, 3.8) is 0 Å². The fraction of sp³-hybridized carbons (Fsp3) is 0.269. The molecule has 1 aliphatic heterocycles. The summed E-state index contributed by atoms with van der Waals surface area (Å²) in [6.45, 7) is 3.18. The topological polar surface area (TPSA) is 112 Å². The van der Waals surface area contributed by atoms with Crippen molar-refractivity contribution in [1.29, 1.82) is 0 Å². The highest BCUT2D eigenvalue weighted by molar-refractivity contribution is 7.89. The van der Waals surface area contributed by atoms with Crippen LogP contribution in [-0.2, 0) is 32.7 Å². The minimum absolute atomic E-state index is 0.0352. The second-order valence-corrected chi connectivity index (χ2v) is 11.1. The lowest BCUT2D eigenvalue weighted by Gasteiger charge is -2.21. The van der Waals surface area contributed by atoms with Crippen molar-refractivity contribution in [3.05, 3.63) is 88.3 Å². The molecule has 0 spiro atoms. The summed E-state index contributed by atoms with van der Waals surface area (Å²) in [5, 5.41) is 4.24. The zero-order valence-corrected chi connectivity index (χ0v) is 21.8. The molecule has 2 aromatic carbocycles. The van der Waals surface area contributed by atoms with Gasteiger partial charge in [-0.2, -0.15) is 9.41 Å². The number of benzene rings is 2. The Morgan fingerprint density at radius 2 is 1.70 bits per heavy atom. The fourth-order valence-corrected chi connectivity index (χ4v) is 5.39. The van der Waals surface area contributed by atoms with Crippen molar-refractivity contribution in [2.75, 3.05) is 13.1 Å². The number of hydrazone groups is 1. The molecule has 0 unspecified atom stereocenters. The van der Waals surface area contributed by atoms with Crippen LogP contribution in [0.15, 0.2) is 75.1 Å². The lowest BCUT2D eigenvalue weighted by molar-refractivity contribution is -0.145. The maximum atomic E-state index is 13.5. The van der Waals surface area contributed by atoms with Gasteiger partial charge in [-0.25, -0.2) is 13.8 Å². The number of aryl methyl sites for hydroxylation is 1. The first-order valence-corrected chi connectivity index (χ1v) is 13.6. The molecule has 194 valence electrons. The normalized spacial score (nSPS) is 14.0. The molecule has 1 fully saturated rings. The van der Waals surface area contributed by atoms with E-state index in [4.69, 9.17) is 16.0 Å². The zero-order valence-electron chi connectivity index (χ0n) is 20.3. The van der Waals surface area contributed by atoms with Crippen LogP contribution in [0, 0.1) is 6.92 Å². The summed E-state index contributed by atoms with van der Waals surface area (Å²) in [6, 6.07) is 16.8. The Morgan fingerprint density at radius 3 is 2.38 bits per heavy atom. The number of hydrogen-bond donors (Lipinski definition) is 1. The minimum atomic E-state index is -3.88. The number of halogens is 1. The third-order valence-electron chi connectivity index (χ3n) is 5.89. The number of amides is 2. The molecule has 1 aromatic heterocycles. The van der Waals surface area contributed by atoms with Gasteiger partial charge in [0.05, 0.1) is 17.7 Å². The molecule has 1 saturated heterocycles. The first kappa shape index (κ1) is 26.6. The molecule has 2 amide bonds. The lowest BCUT2D eigenvalue weighted by Crippen LogP contribution is -2.39. The van der Waals surface area contributed by atoms with Crippen molar-refractivity contribution < 1.29 is 22.4 Å². The van der Waals surface area contributed by atoms with Crippen molar-refractivity contribution in [2.24, 2.45) is 5.10 Å². The molecule has 3 aromatic rings. The second kappa shape index (κ2) is 11.7. The highest BCUT2D eigenvalue weighted by Crippen LogP contribution is 2.23. The summed E-state index contributed by atoms with van der Waals surface area (Å²) >= 11 is 5.95. The Labute approximate surface area is 220 Å². The van der Waals surface area contributed by atoms with Crippen LogP contribution in [0.2, 0.25) is 5.02 Å². The van der Waals surface area contributed by atoms with E-state index in [-0.39, 0.29) is 18.0 Å². The van der Waals surface area contributed by atoms with Gasteiger partial charge in [-0.05, 0) is 61.7 Å². The van der Waals surface area contributed by atoms with E-state index in [2.05, 4.69) is 10.5 Å². The van der Waals surface area contributed by atoms with Crippen LogP contribution in [0.3, 0.4) is 0 Å². The van der Waals surface area contributed by atoms with Crippen LogP contribution in [0.5, 0.6) is 0 Å². The van der Waals surface area contributed by atoms with Gasteiger partial charge >= 0.3 is 11.8 Å². The maximum absolute atomic E-state index is 13.5. The summed E-state index contributed by atoms with van der Waals surface area (Å²) < 4.78 is 34.0. The molecular formula is C26H27ClN4O5S. The first-order valence-electron chi connectivity index (χ1n) is 11.7. The summed E-state index contributed by atoms with van der Waals surface area (Å²) in [4.78, 5) is 25.7. The molecule has 0 bridgehead atoms. The molecule has 11 heteroatoms. The highest BCUT2D eigenvalue weighted by Gasteiger charge is 2.26. The van der Waals surface area contributed by atoms with Gasteiger partial charge in [-0.15, -0.1) is 0 Å². The number of likely N-dealkylation sites (tertiary alicyclic amines) is 1.